The minimum atomic E-state index is -3.23. The van der Waals surface area contributed by atoms with Crippen molar-refractivity contribution in [2.75, 3.05) is 11.5 Å². The van der Waals surface area contributed by atoms with E-state index in [-0.39, 0.29) is 29.2 Å². The first-order chi connectivity index (χ1) is 14.6. The molecular weight excluding hydrogens is 438 g/mol. The highest BCUT2D eigenvalue weighted by atomic mass is 35.5. The monoisotopic (exact) mass is 459 g/mol. The highest BCUT2D eigenvalue weighted by Gasteiger charge is 2.36. The summed E-state index contributed by atoms with van der Waals surface area (Å²) in [5, 5.41) is 0.913. The maximum Gasteiger partial charge on any atom is 0.290 e. The lowest BCUT2D eigenvalue weighted by Gasteiger charge is -2.28. The second kappa shape index (κ2) is 8.13. The first-order valence-corrected chi connectivity index (χ1v) is 12.1. The van der Waals surface area contributed by atoms with Crippen LogP contribution in [-0.2, 0) is 16.4 Å². The van der Waals surface area contributed by atoms with Crippen LogP contribution in [0.15, 0.2) is 51.7 Å². The molecule has 1 fully saturated rings. The number of carbonyl (C=O) groups is 1. The van der Waals surface area contributed by atoms with Gasteiger partial charge < -0.3 is 9.32 Å². The van der Waals surface area contributed by atoms with Gasteiger partial charge in [-0.1, -0.05) is 35.9 Å². The summed E-state index contributed by atoms with van der Waals surface area (Å²) >= 11 is 6.29. The van der Waals surface area contributed by atoms with Gasteiger partial charge in [0.15, 0.2) is 21.0 Å². The van der Waals surface area contributed by atoms with Gasteiger partial charge in [0.05, 0.1) is 16.9 Å². The molecule has 1 aromatic heterocycles. The maximum absolute atomic E-state index is 13.5. The van der Waals surface area contributed by atoms with Crippen molar-refractivity contribution in [3.05, 3.63) is 80.2 Å². The average molecular weight is 460 g/mol. The molecule has 1 aliphatic heterocycles. The lowest BCUT2D eigenvalue weighted by molar-refractivity contribution is 0.0648. The predicted octanol–water partition coefficient (Wildman–Crippen LogP) is 3.89. The predicted molar refractivity (Wildman–Crippen MR) is 120 cm³/mol. The van der Waals surface area contributed by atoms with Crippen molar-refractivity contribution in [3.8, 4) is 0 Å². The molecule has 0 saturated carbocycles. The van der Waals surface area contributed by atoms with Crippen LogP contribution in [0.25, 0.3) is 11.0 Å². The zero-order valence-corrected chi connectivity index (χ0v) is 18.8. The van der Waals surface area contributed by atoms with Crippen LogP contribution < -0.4 is 5.43 Å². The summed E-state index contributed by atoms with van der Waals surface area (Å²) in [6.07, 6.45) is 0.328. The summed E-state index contributed by atoms with van der Waals surface area (Å²) in [6, 6.07) is 11.4. The summed E-state index contributed by atoms with van der Waals surface area (Å²) < 4.78 is 30.0. The molecule has 1 atom stereocenters. The first-order valence-electron chi connectivity index (χ1n) is 9.94. The number of carbonyl (C=O) groups excluding carboxylic acids is 1. The number of halogens is 1. The Morgan fingerprint density at radius 1 is 1.19 bits per heavy atom. The molecule has 162 valence electrons. The van der Waals surface area contributed by atoms with Gasteiger partial charge in [-0.2, -0.15) is 0 Å². The smallest absolute Gasteiger partial charge is 0.290 e. The minimum Gasteiger partial charge on any atom is -0.451 e. The van der Waals surface area contributed by atoms with Crippen molar-refractivity contribution in [2.24, 2.45) is 0 Å². The molecule has 1 amide bonds. The lowest BCUT2D eigenvalue weighted by atomic mass is 10.1. The maximum atomic E-state index is 13.5. The highest BCUT2D eigenvalue weighted by molar-refractivity contribution is 7.91. The number of benzene rings is 2. The molecule has 2 heterocycles. The van der Waals surface area contributed by atoms with E-state index in [0.717, 1.165) is 11.1 Å². The zero-order chi connectivity index (χ0) is 22.3. The fourth-order valence-corrected chi connectivity index (χ4v) is 6.04. The number of hydrogen-bond donors (Lipinski definition) is 0. The first kappa shape index (κ1) is 21.6. The molecule has 1 aliphatic rings. The summed E-state index contributed by atoms with van der Waals surface area (Å²) in [5.74, 6) is -0.748. The number of hydrogen-bond acceptors (Lipinski definition) is 5. The van der Waals surface area contributed by atoms with Gasteiger partial charge >= 0.3 is 0 Å². The van der Waals surface area contributed by atoms with E-state index in [1.54, 1.807) is 30.3 Å². The van der Waals surface area contributed by atoms with Gasteiger partial charge in [-0.25, -0.2) is 8.42 Å². The van der Waals surface area contributed by atoms with Crippen LogP contribution in [0, 0.1) is 13.8 Å². The largest absolute Gasteiger partial charge is 0.451 e. The Balaban J connectivity index is 1.78. The van der Waals surface area contributed by atoms with E-state index in [1.807, 2.05) is 19.9 Å². The number of fused-ring (bicyclic) bond motifs is 1. The van der Waals surface area contributed by atoms with Crippen molar-refractivity contribution >= 4 is 38.3 Å². The normalized spacial score (nSPS) is 17.7. The molecule has 0 spiro atoms. The van der Waals surface area contributed by atoms with Crippen molar-refractivity contribution in [2.45, 2.75) is 32.9 Å². The van der Waals surface area contributed by atoms with Crippen LogP contribution in [0.5, 0.6) is 0 Å². The molecule has 4 rings (SSSR count). The fourth-order valence-electron chi connectivity index (χ4n) is 4.11. The molecule has 0 aliphatic carbocycles. The third kappa shape index (κ3) is 4.38. The Labute approximate surface area is 185 Å². The second-order valence-corrected chi connectivity index (χ2v) is 10.6. The van der Waals surface area contributed by atoms with E-state index in [1.165, 1.54) is 11.0 Å². The average Bonchev–Trinajstić information content (AvgIpc) is 3.05. The Morgan fingerprint density at radius 2 is 1.94 bits per heavy atom. The van der Waals surface area contributed by atoms with Gasteiger partial charge in [-0.05, 0) is 49.1 Å². The molecule has 0 bridgehead atoms. The molecule has 0 unspecified atom stereocenters. The fraction of sp³-hybridized carbons (Fsp3) is 0.304. The SMILES string of the molecule is Cc1cc(C)c2c(=O)cc(C(=O)N(Cc3ccccc3Cl)[C@@H]3CCS(=O)(=O)C3)oc2c1. The van der Waals surface area contributed by atoms with Crippen LogP contribution in [0.3, 0.4) is 0 Å². The second-order valence-electron chi connectivity index (χ2n) is 8.01. The summed E-state index contributed by atoms with van der Waals surface area (Å²) in [5.41, 5.74) is 2.41. The van der Waals surface area contributed by atoms with Crippen molar-refractivity contribution in [1.82, 2.24) is 4.90 Å². The molecular formula is C23H22ClNO5S. The van der Waals surface area contributed by atoms with Crippen LogP contribution in [0.2, 0.25) is 5.02 Å². The molecule has 8 heteroatoms. The van der Waals surface area contributed by atoms with Gasteiger partial charge in [-0.15, -0.1) is 0 Å². The third-order valence-electron chi connectivity index (χ3n) is 5.59. The van der Waals surface area contributed by atoms with E-state index in [9.17, 15) is 18.0 Å². The minimum absolute atomic E-state index is 0.0179. The standard InChI is InChI=1S/C23H22ClNO5S/c1-14-9-15(2)22-19(26)11-21(30-20(22)10-14)23(27)25(17-7-8-31(28,29)13-17)12-16-5-3-4-6-18(16)24/h3-6,9-11,17H,7-8,12-13H2,1-2H3/t17-/m1/s1. The molecule has 0 radical (unpaired) electrons. The number of rotatable bonds is 4. The summed E-state index contributed by atoms with van der Waals surface area (Å²) in [6.45, 7) is 3.82. The van der Waals surface area contributed by atoms with Crippen LogP contribution in [0.1, 0.15) is 33.7 Å². The Hall–Kier alpha value is -2.64. The topological polar surface area (TPSA) is 84.7 Å². The van der Waals surface area contributed by atoms with Gasteiger partial charge in [0.1, 0.15) is 5.58 Å². The summed E-state index contributed by atoms with van der Waals surface area (Å²) in [4.78, 5) is 27.7. The van der Waals surface area contributed by atoms with Crippen LogP contribution in [0.4, 0.5) is 0 Å². The number of nitrogens with zero attached hydrogens (tertiary/aromatic N) is 1. The van der Waals surface area contributed by atoms with Gasteiger partial charge in [0.2, 0.25) is 0 Å². The van der Waals surface area contributed by atoms with E-state index in [0.29, 0.717) is 28.0 Å². The summed E-state index contributed by atoms with van der Waals surface area (Å²) in [7, 11) is -3.23. The lowest BCUT2D eigenvalue weighted by Crippen LogP contribution is -2.41. The Bertz CT molecular complexity index is 1350. The number of aryl methyl sites for hydroxylation is 2. The molecule has 2 aromatic carbocycles. The van der Waals surface area contributed by atoms with Crippen molar-refractivity contribution < 1.29 is 17.6 Å². The molecule has 6 nitrogen and oxygen atoms in total. The van der Waals surface area contributed by atoms with E-state index < -0.39 is 21.8 Å². The number of amides is 1. The zero-order valence-electron chi connectivity index (χ0n) is 17.2. The molecule has 3 aromatic rings. The molecule has 31 heavy (non-hydrogen) atoms. The van der Waals surface area contributed by atoms with E-state index in [4.69, 9.17) is 16.0 Å². The third-order valence-corrected chi connectivity index (χ3v) is 7.71. The van der Waals surface area contributed by atoms with Gasteiger partial charge in [0, 0.05) is 23.7 Å². The Kier molecular flexibility index (Phi) is 5.66. The van der Waals surface area contributed by atoms with Crippen LogP contribution >= 0.6 is 11.6 Å². The Morgan fingerprint density at radius 3 is 2.61 bits per heavy atom. The molecule has 1 saturated heterocycles. The van der Waals surface area contributed by atoms with Crippen molar-refractivity contribution in [3.63, 3.8) is 0 Å². The quantitative estimate of drug-likeness (QED) is 0.590. The van der Waals surface area contributed by atoms with Crippen molar-refractivity contribution in [1.29, 1.82) is 0 Å². The van der Waals surface area contributed by atoms with Gasteiger partial charge in [0.25, 0.3) is 5.91 Å². The molecule has 0 N–H and O–H groups in total. The van der Waals surface area contributed by atoms with Crippen LogP contribution in [-0.4, -0.2) is 36.8 Å². The van der Waals surface area contributed by atoms with E-state index in [2.05, 4.69) is 0 Å². The highest BCUT2D eigenvalue weighted by Crippen LogP contribution is 2.26. The van der Waals surface area contributed by atoms with Gasteiger partial charge in [-0.3, -0.25) is 9.59 Å². The number of sulfone groups is 1. The van der Waals surface area contributed by atoms with E-state index >= 15 is 0 Å².